The van der Waals surface area contributed by atoms with Gasteiger partial charge in [-0.15, -0.1) is 0 Å². The Kier molecular flexibility index (Phi) is 6.52. The third-order valence-corrected chi connectivity index (χ3v) is 9.31. The summed E-state index contributed by atoms with van der Waals surface area (Å²) in [5.41, 5.74) is 14.9. The van der Waals surface area contributed by atoms with Gasteiger partial charge in [-0.2, -0.15) is 5.26 Å². The molecule has 8 aromatic rings. The van der Waals surface area contributed by atoms with Crippen LogP contribution in [0, 0.1) is 11.3 Å². The molecule has 7 aromatic carbocycles. The highest BCUT2D eigenvalue weighted by Gasteiger charge is 2.25. The standard InChI is InChI=1S/C45H27N3/c46-28-29-15-17-32(18-16-29)35-23-24-38-36-13-7-8-14-37(36)39-25-26-40(43(35)44(38)39)42-27-41(47-45(48-42)34-11-5-2-6-12-34)33-21-19-31(20-22-33)30-9-3-1-4-10-30/h1-27H. The molecule has 0 unspecified atom stereocenters. The minimum Gasteiger partial charge on any atom is -0.228 e. The van der Waals surface area contributed by atoms with Crippen molar-refractivity contribution in [1.82, 2.24) is 9.97 Å². The molecule has 1 aromatic heterocycles. The molecule has 3 heteroatoms. The second kappa shape index (κ2) is 11.3. The van der Waals surface area contributed by atoms with Crippen molar-refractivity contribution in [2.45, 2.75) is 0 Å². The molecule has 0 amide bonds. The van der Waals surface area contributed by atoms with Crippen LogP contribution >= 0.6 is 0 Å². The number of nitrogens with zero attached hydrogens (tertiary/aromatic N) is 3. The predicted molar refractivity (Wildman–Crippen MR) is 196 cm³/mol. The van der Waals surface area contributed by atoms with Gasteiger partial charge in [0.05, 0.1) is 23.0 Å². The summed E-state index contributed by atoms with van der Waals surface area (Å²) in [6.45, 7) is 0. The van der Waals surface area contributed by atoms with Gasteiger partial charge in [0.1, 0.15) is 0 Å². The summed E-state index contributed by atoms with van der Waals surface area (Å²) in [5.74, 6) is 0.682. The lowest BCUT2D eigenvalue weighted by Crippen LogP contribution is -1.97. The summed E-state index contributed by atoms with van der Waals surface area (Å²) in [6.07, 6.45) is 0. The van der Waals surface area contributed by atoms with E-state index in [1.807, 2.05) is 48.5 Å². The normalized spacial score (nSPS) is 11.3. The molecule has 0 fully saturated rings. The van der Waals surface area contributed by atoms with E-state index in [1.165, 1.54) is 33.2 Å². The van der Waals surface area contributed by atoms with Crippen molar-refractivity contribution in [3.63, 3.8) is 0 Å². The van der Waals surface area contributed by atoms with Crippen molar-refractivity contribution >= 4 is 10.8 Å². The molecule has 1 aliphatic carbocycles. The van der Waals surface area contributed by atoms with Crippen LogP contribution in [0.4, 0.5) is 0 Å². The number of aromatic nitrogens is 2. The lowest BCUT2D eigenvalue weighted by molar-refractivity contribution is 1.18. The molecule has 0 saturated heterocycles. The zero-order valence-electron chi connectivity index (χ0n) is 25.9. The largest absolute Gasteiger partial charge is 0.228 e. The fourth-order valence-electron chi connectivity index (χ4n) is 6.99. The number of benzene rings is 7. The Bertz CT molecular complexity index is 2500. The maximum atomic E-state index is 9.49. The number of fused-ring (bicyclic) bond motifs is 3. The Morgan fingerprint density at radius 1 is 0.354 bits per heavy atom. The van der Waals surface area contributed by atoms with Crippen LogP contribution in [0.1, 0.15) is 5.56 Å². The van der Waals surface area contributed by atoms with E-state index in [0.717, 1.165) is 50.2 Å². The Morgan fingerprint density at radius 3 is 1.48 bits per heavy atom. The minimum absolute atomic E-state index is 0.642. The highest BCUT2D eigenvalue weighted by atomic mass is 14.9. The van der Waals surface area contributed by atoms with Crippen molar-refractivity contribution in [1.29, 1.82) is 5.26 Å². The molecule has 1 aliphatic rings. The van der Waals surface area contributed by atoms with Crippen LogP contribution in [0.25, 0.3) is 89.2 Å². The highest BCUT2D eigenvalue weighted by Crippen LogP contribution is 2.51. The summed E-state index contributed by atoms with van der Waals surface area (Å²) in [7, 11) is 0. The van der Waals surface area contributed by atoms with Gasteiger partial charge in [-0.25, -0.2) is 9.97 Å². The minimum atomic E-state index is 0.642. The number of nitriles is 1. The van der Waals surface area contributed by atoms with E-state index >= 15 is 0 Å². The van der Waals surface area contributed by atoms with Gasteiger partial charge in [0.2, 0.25) is 0 Å². The molecule has 48 heavy (non-hydrogen) atoms. The first-order valence-electron chi connectivity index (χ1n) is 16.1. The average Bonchev–Trinajstić information content (AvgIpc) is 3.50. The molecular weight excluding hydrogens is 583 g/mol. The van der Waals surface area contributed by atoms with Crippen molar-refractivity contribution < 1.29 is 0 Å². The lowest BCUT2D eigenvalue weighted by Gasteiger charge is -2.16. The van der Waals surface area contributed by atoms with Crippen LogP contribution in [0.3, 0.4) is 0 Å². The smallest absolute Gasteiger partial charge is 0.160 e. The Hall–Kier alpha value is -6.63. The van der Waals surface area contributed by atoms with E-state index in [1.54, 1.807) is 0 Å². The first-order valence-corrected chi connectivity index (χ1v) is 16.1. The molecule has 0 radical (unpaired) electrons. The van der Waals surface area contributed by atoms with E-state index < -0.39 is 0 Å². The first-order chi connectivity index (χ1) is 23.7. The zero-order valence-corrected chi connectivity index (χ0v) is 25.9. The number of hydrogen-bond donors (Lipinski definition) is 0. The van der Waals surface area contributed by atoms with Crippen LogP contribution in [0.2, 0.25) is 0 Å². The molecule has 0 bridgehead atoms. The molecule has 0 aliphatic heterocycles. The summed E-state index contributed by atoms with van der Waals surface area (Å²) in [5, 5.41) is 11.9. The SMILES string of the molecule is N#Cc1ccc(-c2ccc3c4c(ccc(-c5cc(-c6ccc(-c7ccccc7)cc6)nc(-c6ccccc6)n5)c24)-c2ccccc2-3)cc1. The van der Waals surface area contributed by atoms with Gasteiger partial charge < -0.3 is 0 Å². The molecule has 0 atom stereocenters. The zero-order chi connectivity index (χ0) is 32.0. The van der Waals surface area contributed by atoms with E-state index in [-0.39, 0.29) is 0 Å². The van der Waals surface area contributed by atoms with E-state index in [2.05, 4.69) is 121 Å². The second-order valence-electron chi connectivity index (χ2n) is 12.1. The molecule has 0 saturated carbocycles. The first kappa shape index (κ1) is 27.7. The molecule has 0 spiro atoms. The van der Waals surface area contributed by atoms with Gasteiger partial charge in [-0.3, -0.25) is 0 Å². The Balaban J connectivity index is 1.30. The Morgan fingerprint density at radius 2 is 0.833 bits per heavy atom. The second-order valence-corrected chi connectivity index (χ2v) is 12.1. The lowest BCUT2D eigenvalue weighted by atomic mass is 9.89. The van der Waals surface area contributed by atoms with Gasteiger partial charge >= 0.3 is 0 Å². The fourth-order valence-corrected chi connectivity index (χ4v) is 6.99. The van der Waals surface area contributed by atoms with Crippen LogP contribution in [0.5, 0.6) is 0 Å². The summed E-state index contributed by atoms with van der Waals surface area (Å²) in [4.78, 5) is 10.4. The fraction of sp³-hybridized carbons (Fsp3) is 0. The molecule has 3 nitrogen and oxygen atoms in total. The summed E-state index contributed by atoms with van der Waals surface area (Å²) >= 11 is 0. The molecule has 222 valence electrons. The van der Waals surface area contributed by atoms with Gasteiger partial charge in [0.25, 0.3) is 0 Å². The van der Waals surface area contributed by atoms with E-state index in [9.17, 15) is 5.26 Å². The summed E-state index contributed by atoms with van der Waals surface area (Å²) < 4.78 is 0. The maximum absolute atomic E-state index is 9.49. The van der Waals surface area contributed by atoms with Crippen LogP contribution in [0.15, 0.2) is 164 Å². The monoisotopic (exact) mass is 609 g/mol. The van der Waals surface area contributed by atoms with Gasteiger partial charge in [0.15, 0.2) is 5.82 Å². The molecular formula is C45H27N3. The van der Waals surface area contributed by atoms with E-state index in [4.69, 9.17) is 9.97 Å². The molecule has 1 heterocycles. The van der Waals surface area contributed by atoms with Crippen molar-refractivity contribution in [3.8, 4) is 84.5 Å². The predicted octanol–water partition coefficient (Wildman–Crippen LogP) is 11.5. The number of rotatable bonds is 5. The topological polar surface area (TPSA) is 49.6 Å². The Labute approximate surface area is 279 Å². The maximum Gasteiger partial charge on any atom is 0.160 e. The van der Waals surface area contributed by atoms with Gasteiger partial charge in [-0.1, -0.05) is 146 Å². The summed E-state index contributed by atoms with van der Waals surface area (Å²) in [6, 6.07) is 59.1. The van der Waals surface area contributed by atoms with Gasteiger partial charge in [-0.05, 0) is 68.1 Å². The number of hydrogen-bond acceptors (Lipinski definition) is 3. The third kappa shape index (κ3) is 4.59. The quantitative estimate of drug-likeness (QED) is 0.195. The van der Waals surface area contributed by atoms with Crippen molar-refractivity contribution in [3.05, 3.63) is 169 Å². The van der Waals surface area contributed by atoms with Crippen molar-refractivity contribution in [2.75, 3.05) is 0 Å². The third-order valence-electron chi connectivity index (χ3n) is 9.31. The van der Waals surface area contributed by atoms with Crippen LogP contribution in [-0.2, 0) is 0 Å². The van der Waals surface area contributed by atoms with Crippen molar-refractivity contribution in [2.24, 2.45) is 0 Å². The highest BCUT2D eigenvalue weighted by molar-refractivity contribution is 6.22. The van der Waals surface area contributed by atoms with Crippen LogP contribution in [-0.4, -0.2) is 9.97 Å². The molecule has 9 rings (SSSR count). The van der Waals surface area contributed by atoms with E-state index in [0.29, 0.717) is 11.4 Å². The molecule has 0 N–H and O–H groups in total. The van der Waals surface area contributed by atoms with Gasteiger partial charge in [0, 0.05) is 22.1 Å². The van der Waals surface area contributed by atoms with Crippen LogP contribution < -0.4 is 0 Å². The average molecular weight is 610 g/mol.